The molecular formula is C14H15ClFIN2. The van der Waals surface area contributed by atoms with Gasteiger partial charge in [-0.1, -0.05) is 6.92 Å². The standard InChI is InChI=1S/C14H15ClFIN2/c1-2-14(4-3-5-14)19-12-6-9(16)10(17)7-11(12)18-13(19)8-15/h6-7H,2-5,8H2,1H3. The molecule has 19 heavy (non-hydrogen) atoms. The largest absolute Gasteiger partial charge is 0.321 e. The summed E-state index contributed by atoms with van der Waals surface area (Å²) >= 11 is 8.05. The van der Waals surface area contributed by atoms with E-state index in [2.05, 4.69) is 16.5 Å². The van der Waals surface area contributed by atoms with Gasteiger partial charge in [0.1, 0.15) is 11.6 Å². The maximum atomic E-state index is 13.9. The SMILES string of the molecule is CCC1(n2c(CCl)nc3cc(I)c(F)cc32)CCC1. The van der Waals surface area contributed by atoms with E-state index in [0.717, 1.165) is 36.1 Å². The number of imidazole rings is 1. The first-order valence-electron chi connectivity index (χ1n) is 6.54. The van der Waals surface area contributed by atoms with Gasteiger partial charge in [-0.25, -0.2) is 9.37 Å². The first-order chi connectivity index (χ1) is 9.11. The van der Waals surface area contributed by atoms with E-state index in [4.69, 9.17) is 11.6 Å². The normalized spacial score (nSPS) is 17.7. The molecular weight excluding hydrogens is 378 g/mol. The molecule has 0 bridgehead atoms. The molecule has 1 saturated carbocycles. The molecule has 1 aromatic carbocycles. The number of fused-ring (bicyclic) bond motifs is 1. The van der Waals surface area contributed by atoms with Crippen LogP contribution in [0.2, 0.25) is 0 Å². The molecule has 1 aliphatic carbocycles. The second-order valence-corrected chi connectivity index (χ2v) is 6.61. The topological polar surface area (TPSA) is 17.8 Å². The zero-order valence-electron chi connectivity index (χ0n) is 10.7. The Morgan fingerprint density at radius 1 is 1.47 bits per heavy atom. The summed E-state index contributed by atoms with van der Waals surface area (Å²) in [5, 5.41) is 0. The van der Waals surface area contributed by atoms with Crippen LogP contribution in [0, 0.1) is 9.39 Å². The molecule has 0 N–H and O–H groups in total. The van der Waals surface area contributed by atoms with Gasteiger partial charge in [-0.2, -0.15) is 0 Å². The number of halogens is 3. The minimum Gasteiger partial charge on any atom is -0.321 e. The Bertz CT molecular complexity index is 628. The predicted octanol–water partition coefficient (Wildman–Crippen LogP) is 4.81. The van der Waals surface area contributed by atoms with E-state index in [1.54, 1.807) is 12.1 Å². The summed E-state index contributed by atoms with van der Waals surface area (Å²) in [5.41, 5.74) is 1.83. The molecule has 5 heteroatoms. The fourth-order valence-electron chi connectivity index (χ4n) is 3.06. The van der Waals surface area contributed by atoms with E-state index in [9.17, 15) is 4.39 Å². The first-order valence-corrected chi connectivity index (χ1v) is 8.15. The van der Waals surface area contributed by atoms with Crippen molar-refractivity contribution in [1.29, 1.82) is 0 Å². The van der Waals surface area contributed by atoms with Crippen molar-refractivity contribution in [3.05, 3.63) is 27.3 Å². The Hall–Kier alpha value is -0.360. The average Bonchev–Trinajstić information content (AvgIpc) is 2.68. The molecule has 102 valence electrons. The van der Waals surface area contributed by atoms with E-state index in [1.165, 1.54) is 6.42 Å². The molecule has 1 aliphatic rings. The zero-order valence-corrected chi connectivity index (χ0v) is 13.6. The Balaban J connectivity index is 2.29. The summed E-state index contributed by atoms with van der Waals surface area (Å²) in [7, 11) is 0. The van der Waals surface area contributed by atoms with Crippen LogP contribution in [-0.4, -0.2) is 9.55 Å². The van der Waals surface area contributed by atoms with E-state index >= 15 is 0 Å². The van der Waals surface area contributed by atoms with Crippen molar-refractivity contribution < 1.29 is 4.39 Å². The van der Waals surface area contributed by atoms with Crippen LogP contribution in [0.1, 0.15) is 38.4 Å². The summed E-state index contributed by atoms with van der Waals surface area (Å²) in [6.45, 7) is 2.19. The highest BCUT2D eigenvalue weighted by atomic mass is 127. The lowest BCUT2D eigenvalue weighted by Crippen LogP contribution is -2.40. The van der Waals surface area contributed by atoms with Crippen LogP contribution in [0.3, 0.4) is 0 Å². The van der Waals surface area contributed by atoms with E-state index in [0.29, 0.717) is 9.45 Å². The minimum absolute atomic E-state index is 0.0954. The Morgan fingerprint density at radius 2 is 2.21 bits per heavy atom. The summed E-state index contributed by atoms with van der Waals surface area (Å²) in [6.07, 6.45) is 4.52. The molecule has 2 nitrogen and oxygen atoms in total. The van der Waals surface area contributed by atoms with Crippen molar-refractivity contribution in [1.82, 2.24) is 9.55 Å². The molecule has 0 saturated heterocycles. The monoisotopic (exact) mass is 392 g/mol. The molecule has 3 rings (SSSR count). The fraction of sp³-hybridized carbons (Fsp3) is 0.500. The molecule has 0 amide bonds. The third kappa shape index (κ3) is 1.98. The molecule has 2 aromatic rings. The second-order valence-electron chi connectivity index (χ2n) is 5.18. The van der Waals surface area contributed by atoms with Gasteiger partial charge in [0.25, 0.3) is 0 Å². The van der Waals surface area contributed by atoms with Crippen molar-refractivity contribution in [3.8, 4) is 0 Å². The number of aromatic nitrogens is 2. The summed E-state index contributed by atoms with van der Waals surface area (Å²) in [4.78, 5) is 4.59. The summed E-state index contributed by atoms with van der Waals surface area (Å²) in [5.74, 6) is 1.05. The van der Waals surface area contributed by atoms with Crippen LogP contribution in [0.4, 0.5) is 4.39 Å². The van der Waals surface area contributed by atoms with Gasteiger partial charge in [-0.05, 0) is 54.3 Å². The van der Waals surface area contributed by atoms with Crippen molar-refractivity contribution in [2.75, 3.05) is 0 Å². The molecule has 1 fully saturated rings. The molecule has 0 spiro atoms. The first kappa shape index (κ1) is 13.6. The second kappa shape index (κ2) is 4.88. The van der Waals surface area contributed by atoms with Crippen LogP contribution in [0.25, 0.3) is 11.0 Å². The highest BCUT2D eigenvalue weighted by molar-refractivity contribution is 14.1. The number of hydrogen-bond donors (Lipinski definition) is 0. The van der Waals surface area contributed by atoms with E-state index < -0.39 is 0 Å². The van der Waals surface area contributed by atoms with Crippen LogP contribution >= 0.6 is 34.2 Å². The predicted molar refractivity (Wildman–Crippen MR) is 84.1 cm³/mol. The fourth-order valence-corrected chi connectivity index (χ4v) is 3.69. The molecule has 0 unspecified atom stereocenters. The van der Waals surface area contributed by atoms with Gasteiger partial charge in [0.05, 0.1) is 20.5 Å². The van der Waals surface area contributed by atoms with Crippen molar-refractivity contribution in [3.63, 3.8) is 0 Å². The van der Waals surface area contributed by atoms with Gasteiger partial charge in [-0.15, -0.1) is 11.6 Å². The van der Waals surface area contributed by atoms with Gasteiger partial charge < -0.3 is 4.57 Å². The Morgan fingerprint density at radius 3 is 2.74 bits per heavy atom. The van der Waals surface area contributed by atoms with Gasteiger partial charge in [-0.3, -0.25) is 0 Å². The number of benzene rings is 1. The summed E-state index contributed by atoms with van der Waals surface area (Å²) in [6, 6.07) is 3.41. The zero-order chi connectivity index (χ0) is 13.6. The van der Waals surface area contributed by atoms with Gasteiger partial charge in [0.2, 0.25) is 0 Å². The van der Waals surface area contributed by atoms with Gasteiger partial charge in [0.15, 0.2) is 0 Å². The number of alkyl halides is 1. The number of rotatable bonds is 3. The molecule has 0 radical (unpaired) electrons. The molecule has 0 atom stereocenters. The molecule has 1 heterocycles. The quantitative estimate of drug-likeness (QED) is 0.541. The van der Waals surface area contributed by atoms with Crippen LogP contribution in [0.15, 0.2) is 12.1 Å². The number of nitrogens with zero attached hydrogens (tertiary/aromatic N) is 2. The third-order valence-electron chi connectivity index (χ3n) is 4.30. The minimum atomic E-state index is -0.180. The lowest BCUT2D eigenvalue weighted by Gasteiger charge is -2.44. The van der Waals surface area contributed by atoms with Crippen LogP contribution in [0.5, 0.6) is 0 Å². The Kier molecular flexibility index (Phi) is 3.50. The van der Waals surface area contributed by atoms with Crippen LogP contribution in [-0.2, 0) is 11.4 Å². The average molecular weight is 393 g/mol. The highest BCUT2D eigenvalue weighted by Crippen LogP contribution is 2.45. The van der Waals surface area contributed by atoms with Crippen LogP contribution < -0.4 is 0 Å². The summed E-state index contributed by atoms with van der Waals surface area (Å²) < 4.78 is 16.7. The number of hydrogen-bond acceptors (Lipinski definition) is 1. The van der Waals surface area contributed by atoms with Crippen molar-refractivity contribution >= 4 is 45.2 Å². The van der Waals surface area contributed by atoms with Gasteiger partial charge in [0, 0.05) is 11.6 Å². The van der Waals surface area contributed by atoms with Gasteiger partial charge >= 0.3 is 0 Å². The Labute approximate surface area is 130 Å². The lowest BCUT2D eigenvalue weighted by molar-refractivity contribution is 0.138. The lowest BCUT2D eigenvalue weighted by atomic mass is 9.74. The van der Waals surface area contributed by atoms with Crippen molar-refractivity contribution in [2.24, 2.45) is 0 Å². The maximum Gasteiger partial charge on any atom is 0.138 e. The van der Waals surface area contributed by atoms with Crippen molar-refractivity contribution in [2.45, 2.75) is 44.0 Å². The van der Waals surface area contributed by atoms with E-state index in [-0.39, 0.29) is 11.4 Å². The smallest absolute Gasteiger partial charge is 0.138 e. The maximum absolute atomic E-state index is 13.9. The highest BCUT2D eigenvalue weighted by Gasteiger charge is 2.39. The third-order valence-corrected chi connectivity index (χ3v) is 5.37. The van der Waals surface area contributed by atoms with E-state index in [1.807, 2.05) is 22.6 Å². The molecule has 1 aromatic heterocycles. The molecule has 0 aliphatic heterocycles.